The van der Waals surface area contributed by atoms with Crippen molar-refractivity contribution in [2.75, 3.05) is 19.4 Å². The summed E-state index contributed by atoms with van der Waals surface area (Å²) in [7, 11) is -0.356. The van der Waals surface area contributed by atoms with E-state index < -0.39 is 10.0 Å². The molecular weight excluding hydrogens is 304 g/mol. The van der Waals surface area contributed by atoms with E-state index in [0.29, 0.717) is 10.6 Å². The minimum atomic E-state index is -3.44. The summed E-state index contributed by atoms with van der Waals surface area (Å²) >= 11 is 1.71. The van der Waals surface area contributed by atoms with Crippen LogP contribution in [0.25, 0.3) is 0 Å². The van der Waals surface area contributed by atoms with Gasteiger partial charge >= 0.3 is 0 Å². The lowest BCUT2D eigenvalue weighted by Crippen LogP contribution is -2.25. The second-order valence-electron chi connectivity index (χ2n) is 5.11. The first-order chi connectivity index (χ1) is 9.91. The molecule has 114 valence electrons. The predicted molar refractivity (Wildman–Crippen MR) is 88.4 cm³/mol. The van der Waals surface area contributed by atoms with Gasteiger partial charge in [0.1, 0.15) is 4.90 Å². The van der Waals surface area contributed by atoms with Gasteiger partial charge in [0.15, 0.2) is 0 Å². The van der Waals surface area contributed by atoms with Crippen molar-refractivity contribution in [3.8, 4) is 0 Å². The van der Waals surface area contributed by atoms with Gasteiger partial charge in [-0.25, -0.2) is 12.7 Å². The zero-order valence-corrected chi connectivity index (χ0v) is 14.0. The zero-order valence-electron chi connectivity index (χ0n) is 12.4. The van der Waals surface area contributed by atoms with E-state index in [0.717, 1.165) is 6.42 Å². The monoisotopic (exact) mass is 324 g/mol. The Hall–Kier alpha value is -1.37. The molecule has 1 aromatic carbocycles. The van der Waals surface area contributed by atoms with Gasteiger partial charge in [-0.1, -0.05) is 18.2 Å². The fourth-order valence-corrected chi connectivity index (χ4v) is 3.94. The summed E-state index contributed by atoms with van der Waals surface area (Å²) < 4.78 is 25.9. The highest BCUT2D eigenvalue weighted by molar-refractivity contribution is 7.89. The Balaban J connectivity index is 2.21. The first kappa shape index (κ1) is 16.0. The molecule has 0 spiro atoms. The molecule has 1 atom stereocenters. The van der Waals surface area contributed by atoms with Crippen molar-refractivity contribution in [3.63, 3.8) is 0 Å². The summed E-state index contributed by atoms with van der Waals surface area (Å²) in [6, 6.07) is 11.3. The highest BCUT2D eigenvalue weighted by Gasteiger charge is 2.21. The summed E-state index contributed by atoms with van der Waals surface area (Å²) in [5.41, 5.74) is 0.648. The van der Waals surface area contributed by atoms with Crippen molar-refractivity contribution in [2.45, 2.75) is 24.3 Å². The van der Waals surface area contributed by atoms with Gasteiger partial charge in [0, 0.05) is 31.4 Å². The number of nitrogens with one attached hydrogen (secondary N) is 1. The average Bonchev–Trinajstić information content (AvgIpc) is 2.91. The molecule has 0 fully saturated rings. The average molecular weight is 324 g/mol. The molecule has 0 radical (unpaired) electrons. The van der Waals surface area contributed by atoms with Gasteiger partial charge in [-0.05, 0) is 30.5 Å². The summed E-state index contributed by atoms with van der Waals surface area (Å²) in [5, 5.41) is 5.36. The van der Waals surface area contributed by atoms with Crippen LogP contribution in [-0.2, 0) is 16.4 Å². The van der Waals surface area contributed by atoms with Gasteiger partial charge in [-0.15, -0.1) is 11.3 Å². The van der Waals surface area contributed by atoms with E-state index in [1.54, 1.807) is 43.6 Å². The fraction of sp³-hybridized carbons (Fsp3) is 0.333. The molecular formula is C15H20N2O2S2. The van der Waals surface area contributed by atoms with E-state index in [-0.39, 0.29) is 6.04 Å². The minimum absolute atomic E-state index is 0.155. The molecule has 0 saturated carbocycles. The SMILES string of the molecule is CC(Cc1cccs1)Nc1ccccc1S(=O)(=O)N(C)C. The van der Waals surface area contributed by atoms with Gasteiger partial charge < -0.3 is 5.32 Å². The minimum Gasteiger partial charge on any atom is -0.381 e. The third kappa shape index (κ3) is 3.84. The highest BCUT2D eigenvalue weighted by atomic mass is 32.2. The summed E-state index contributed by atoms with van der Waals surface area (Å²) in [6.45, 7) is 2.05. The van der Waals surface area contributed by atoms with Crippen LogP contribution in [0.4, 0.5) is 5.69 Å². The molecule has 21 heavy (non-hydrogen) atoms. The number of sulfonamides is 1. The second kappa shape index (κ2) is 6.60. The molecule has 1 unspecified atom stereocenters. The first-order valence-corrected chi connectivity index (χ1v) is 9.03. The van der Waals surface area contributed by atoms with Gasteiger partial charge in [0.05, 0.1) is 5.69 Å². The molecule has 2 rings (SSSR count). The van der Waals surface area contributed by atoms with E-state index in [1.165, 1.54) is 9.18 Å². The van der Waals surface area contributed by atoms with Crippen LogP contribution in [0, 0.1) is 0 Å². The smallest absolute Gasteiger partial charge is 0.244 e. The van der Waals surface area contributed by atoms with Crippen LogP contribution in [0.15, 0.2) is 46.7 Å². The predicted octanol–water partition coefficient (Wildman–Crippen LogP) is 3.04. The molecule has 0 amide bonds. The number of hydrogen-bond acceptors (Lipinski definition) is 4. The van der Waals surface area contributed by atoms with Gasteiger partial charge in [-0.3, -0.25) is 0 Å². The molecule has 1 aromatic heterocycles. The van der Waals surface area contributed by atoms with Crippen molar-refractivity contribution in [1.29, 1.82) is 0 Å². The largest absolute Gasteiger partial charge is 0.381 e. The van der Waals surface area contributed by atoms with E-state index >= 15 is 0 Å². The van der Waals surface area contributed by atoms with Crippen molar-refractivity contribution in [2.24, 2.45) is 0 Å². The van der Waals surface area contributed by atoms with Crippen LogP contribution in [-0.4, -0.2) is 32.9 Å². The summed E-state index contributed by atoms with van der Waals surface area (Å²) in [5.74, 6) is 0. The van der Waals surface area contributed by atoms with Crippen molar-refractivity contribution < 1.29 is 8.42 Å². The van der Waals surface area contributed by atoms with E-state index in [4.69, 9.17) is 0 Å². The van der Waals surface area contributed by atoms with Gasteiger partial charge in [0.2, 0.25) is 10.0 Å². The lowest BCUT2D eigenvalue weighted by Gasteiger charge is -2.19. The Morgan fingerprint density at radius 2 is 1.90 bits per heavy atom. The number of benzene rings is 1. The Bertz CT molecular complexity index is 679. The van der Waals surface area contributed by atoms with E-state index in [9.17, 15) is 8.42 Å². The number of nitrogens with zero attached hydrogens (tertiary/aromatic N) is 1. The molecule has 0 aliphatic heterocycles. The van der Waals surface area contributed by atoms with Crippen LogP contribution < -0.4 is 5.32 Å². The van der Waals surface area contributed by atoms with Crippen LogP contribution in [0.5, 0.6) is 0 Å². The Labute approximate surface area is 130 Å². The zero-order chi connectivity index (χ0) is 15.5. The number of thiophene rings is 1. The number of rotatable bonds is 6. The summed E-state index contributed by atoms with van der Waals surface area (Å²) in [6.07, 6.45) is 0.869. The van der Waals surface area contributed by atoms with Crippen molar-refractivity contribution >= 4 is 27.0 Å². The number of hydrogen-bond donors (Lipinski definition) is 1. The maximum Gasteiger partial charge on any atom is 0.244 e. The quantitative estimate of drug-likeness (QED) is 0.888. The Morgan fingerprint density at radius 1 is 1.19 bits per heavy atom. The van der Waals surface area contributed by atoms with Crippen LogP contribution in [0.1, 0.15) is 11.8 Å². The number of anilines is 1. The molecule has 2 aromatic rings. The van der Waals surface area contributed by atoms with Crippen molar-refractivity contribution in [3.05, 3.63) is 46.7 Å². The van der Waals surface area contributed by atoms with E-state index in [1.807, 2.05) is 17.5 Å². The normalized spacial score (nSPS) is 13.3. The molecule has 0 bridgehead atoms. The summed E-state index contributed by atoms with van der Waals surface area (Å²) in [4.78, 5) is 1.59. The first-order valence-electron chi connectivity index (χ1n) is 6.71. The van der Waals surface area contributed by atoms with Gasteiger partial charge in [0.25, 0.3) is 0 Å². The molecule has 4 nitrogen and oxygen atoms in total. The number of para-hydroxylation sites is 1. The van der Waals surface area contributed by atoms with Crippen LogP contribution in [0.2, 0.25) is 0 Å². The standard InChI is InChI=1S/C15H20N2O2S2/c1-12(11-13-7-6-10-20-13)16-14-8-4-5-9-15(14)21(18,19)17(2)3/h4-10,12,16H,11H2,1-3H3. The molecule has 0 saturated heterocycles. The molecule has 6 heteroatoms. The van der Waals surface area contributed by atoms with Crippen LogP contribution >= 0.6 is 11.3 Å². The van der Waals surface area contributed by atoms with Gasteiger partial charge in [-0.2, -0.15) is 0 Å². The lowest BCUT2D eigenvalue weighted by atomic mass is 10.2. The molecule has 1 heterocycles. The van der Waals surface area contributed by atoms with E-state index in [2.05, 4.69) is 18.3 Å². The maximum absolute atomic E-state index is 12.3. The molecule has 1 N–H and O–H groups in total. The Morgan fingerprint density at radius 3 is 2.52 bits per heavy atom. The molecule has 0 aliphatic carbocycles. The Kier molecular flexibility index (Phi) is 5.03. The van der Waals surface area contributed by atoms with Crippen LogP contribution in [0.3, 0.4) is 0 Å². The topological polar surface area (TPSA) is 49.4 Å². The molecule has 0 aliphatic rings. The third-order valence-electron chi connectivity index (χ3n) is 3.14. The van der Waals surface area contributed by atoms with Crippen molar-refractivity contribution in [1.82, 2.24) is 4.31 Å². The maximum atomic E-state index is 12.3. The lowest BCUT2D eigenvalue weighted by molar-refractivity contribution is 0.521. The second-order valence-corrected chi connectivity index (χ2v) is 8.26. The third-order valence-corrected chi connectivity index (χ3v) is 5.91. The highest BCUT2D eigenvalue weighted by Crippen LogP contribution is 2.24. The fourth-order valence-electron chi connectivity index (χ4n) is 2.05.